The van der Waals surface area contributed by atoms with Crippen LogP contribution < -0.4 is 22.5 Å². The zero-order valence-electron chi connectivity index (χ0n) is 13.3. The van der Waals surface area contributed by atoms with E-state index in [2.05, 4.69) is 37.9 Å². The fraction of sp³-hybridized carbons (Fsp3) is 1.00. The van der Waals surface area contributed by atoms with Crippen molar-refractivity contribution >= 4 is 0 Å². The van der Waals surface area contributed by atoms with Crippen molar-refractivity contribution in [2.45, 2.75) is 51.6 Å². The number of hydrogen-bond acceptors (Lipinski definition) is 5. The molecule has 0 rings (SSSR count). The summed E-state index contributed by atoms with van der Waals surface area (Å²) in [5.41, 5.74) is 17.2. The molecule has 0 fully saturated rings. The van der Waals surface area contributed by atoms with E-state index < -0.39 is 0 Å². The van der Waals surface area contributed by atoms with E-state index in [4.69, 9.17) is 17.2 Å². The Morgan fingerprint density at radius 3 is 1.79 bits per heavy atom. The van der Waals surface area contributed by atoms with Gasteiger partial charge < -0.3 is 22.5 Å². The van der Waals surface area contributed by atoms with Crippen LogP contribution in [0, 0.1) is 0 Å². The number of nitrogens with one attached hydrogen (secondary N) is 1. The second-order valence-electron chi connectivity index (χ2n) is 6.48. The van der Waals surface area contributed by atoms with Crippen molar-refractivity contribution in [2.75, 3.05) is 39.3 Å². The smallest absolute Gasteiger partial charge is 0.0166 e. The second-order valence-corrected chi connectivity index (χ2v) is 6.48. The largest absolute Gasteiger partial charge is 0.330 e. The van der Waals surface area contributed by atoms with Gasteiger partial charge in [-0.15, -0.1) is 0 Å². The summed E-state index contributed by atoms with van der Waals surface area (Å²) in [5.74, 6) is 0. The minimum Gasteiger partial charge on any atom is -0.330 e. The van der Waals surface area contributed by atoms with Crippen LogP contribution in [0.2, 0.25) is 0 Å². The van der Waals surface area contributed by atoms with Gasteiger partial charge in [0.05, 0.1) is 0 Å². The molecule has 0 atom stereocenters. The highest BCUT2D eigenvalue weighted by molar-refractivity contribution is 4.85. The van der Waals surface area contributed by atoms with Crippen LogP contribution in [0.25, 0.3) is 0 Å². The maximum Gasteiger partial charge on any atom is 0.0166 e. The first-order valence-electron chi connectivity index (χ1n) is 7.39. The standard InChI is InChI=1S/C14H35N5/c1-13(2,5-7-15)18-10-6-14(3,4)19(11-8-16)12-9-17/h18H,5-12,15-17H2,1-4H3. The zero-order chi connectivity index (χ0) is 14.9. The summed E-state index contributed by atoms with van der Waals surface area (Å²) >= 11 is 0. The minimum absolute atomic E-state index is 0.109. The van der Waals surface area contributed by atoms with Crippen molar-refractivity contribution in [3.63, 3.8) is 0 Å². The Labute approximate surface area is 119 Å². The molecule has 0 bridgehead atoms. The van der Waals surface area contributed by atoms with E-state index >= 15 is 0 Å². The molecule has 0 aliphatic heterocycles. The first-order chi connectivity index (χ1) is 8.79. The van der Waals surface area contributed by atoms with Crippen LogP contribution in [0.1, 0.15) is 40.5 Å². The van der Waals surface area contributed by atoms with Crippen molar-refractivity contribution in [1.29, 1.82) is 0 Å². The van der Waals surface area contributed by atoms with Crippen molar-refractivity contribution < 1.29 is 0 Å². The molecule has 0 aliphatic rings. The Morgan fingerprint density at radius 2 is 1.37 bits per heavy atom. The summed E-state index contributed by atoms with van der Waals surface area (Å²) < 4.78 is 0. The predicted molar refractivity (Wildman–Crippen MR) is 84.1 cm³/mol. The van der Waals surface area contributed by atoms with Crippen molar-refractivity contribution in [2.24, 2.45) is 17.2 Å². The summed E-state index contributed by atoms with van der Waals surface area (Å²) in [6.45, 7) is 13.8. The second kappa shape index (κ2) is 8.87. The molecule has 0 aromatic rings. The van der Waals surface area contributed by atoms with E-state index in [0.717, 1.165) is 39.0 Å². The predicted octanol–water partition coefficient (Wildman–Crippen LogP) is 0.0915. The first-order valence-corrected chi connectivity index (χ1v) is 7.39. The lowest BCUT2D eigenvalue weighted by Gasteiger charge is -2.39. The summed E-state index contributed by atoms with van der Waals surface area (Å²) in [4.78, 5) is 2.38. The van der Waals surface area contributed by atoms with Gasteiger partial charge in [-0.25, -0.2) is 0 Å². The van der Waals surface area contributed by atoms with Crippen LogP contribution in [0.5, 0.6) is 0 Å². The number of hydrogen-bond donors (Lipinski definition) is 4. The molecule has 0 aromatic carbocycles. The Balaban J connectivity index is 4.26. The normalized spacial score (nSPS) is 13.3. The molecule has 0 aromatic heterocycles. The maximum atomic E-state index is 5.68. The monoisotopic (exact) mass is 273 g/mol. The fourth-order valence-electron chi connectivity index (χ4n) is 2.34. The van der Waals surface area contributed by atoms with Crippen LogP contribution in [0.3, 0.4) is 0 Å². The van der Waals surface area contributed by atoms with E-state index in [1.807, 2.05) is 0 Å². The molecule has 7 N–H and O–H groups in total. The number of rotatable bonds is 11. The molecule has 5 heteroatoms. The van der Waals surface area contributed by atoms with E-state index in [0.29, 0.717) is 13.1 Å². The topological polar surface area (TPSA) is 93.3 Å². The summed E-state index contributed by atoms with van der Waals surface area (Å²) in [6.07, 6.45) is 2.06. The Morgan fingerprint density at radius 1 is 0.842 bits per heavy atom. The zero-order valence-corrected chi connectivity index (χ0v) is 13.3. The molecule has 0 saturated heterocycles. The summed E-state index contributed by atoms with van der Waals surface area (Å²) in [5, 5.41) is 3.59. The van der Waals surface area contributed by atoms with Crippen LogP contribution in [0.15, 0.2) is 0 Å². The third-order valence-corrected chi connectivity index (χ3v) is 3.76. The molecule has 0 heterocycles. The lowest BCUT2D eigenvalue weighted by Crippen LogP contribution is -2.51. The third-order valence-electron chi connectivity index (χ3n) is 3.76. The SMILES string of the molecule is CC(C)(CCN)NCCC(C)(C)N(CCN)CCN. The molecule has 19 heavy (non-hydrogen) atoms. The average Bonchev–Trinajstić information content (AvgIpc) is 2.28. The molecule has 0 unspecified atom stereocenters. The molecule has 0 spiro atoms. The summed E-state index contributed by atoms with van der Waals surface area (Å²) in [6, 6.07) is 0. The van der Waals surface area contributed by atoms with E-state index in [1.54, 1.807) is 0 Å². The van der Waals surface area contributed by atoms with Crippen LogP contribution in [-0.2, 0) is 0 Å². The molecule has 116 valence electrons. The number of nitrogens with two attached hydrogens (primary N) is 3. The van der Waals surface area contributed by atoms with Gasteiger partial charge in [0.15, 0.2) is 0 Å². The van der Waals surface area contributed by atoms with E-state index in [9.17, 15) is 0 Å². The van der Waals surface area contributed by atoms with Crippen LogP contribution >= 0.6 is 0 Å². The van der Waals surface area contributed by atoms with Gasteiger partial charge in [0.1, 0.15) is 0 Å². The van der Waals surface area contributed by atoms with Crippen LogP contribution in [0.4, 0.5) is 0 Å². The highest BCUT2D eigenvalue weighted by atomic mass is 15.2. The molecule has 5 nitrogen and oxygen atoms in total. The highest BCUT2D eigenvalue weighted by Crippen LogP contribution is 2.18. The van der Waals surface area contributed by atoms with Crippen molar-refractivity contribution in [3.8, 4) is 0 Å². The van der Waals surface area contributed by atoms with Gasteiger partial charge >= 0.3 is 0 Å². The Kier molecular flexibility index (Phi) is 8.78. The Hall–Kier alpha value is -0.200. The van der Waals surface area contributed by atoms with Gasteiger partial charge in [-0.3, -0.25) is 4.90 Å². The van der Waals surface area contributed by atoms with Crippen molar-refractivity contribution in [3.05, 3.63) is 0 Å². The minimum atomic E-state index is 0.109. The maximum absolute atomic E-state index is 5.68. The fourth-order valence-corrected chi connectivity index (χ4v) is 2.34. The molecule has 0 saturated carbocycles. The van der Waals surface area contributed by atoms with E-state index in [1.165, 1.54) is 0 Å². The lowest BCUT2D eigenvalue weighted by molar-refractivity contribution is 0.115. The van der Waals surface area contributed by atoms with Gasteiger partial charge in [-0.05, 0) is 53.6 Å². The third kappa shape index (κ3) is 7.84. The van der Waals surface area contributed by atoms with Crippen LogP contribution in [-0.4, -0.2) is 55.2 Å². The molecule has 0 aliphatic carbocycles. The molecule has 0 amide bonds. The Bertz CT molecular complexity index is 222. The average molecular weight is 273 g/mol. The van der Waals surface area contributed by atoms with E-state index in [-0.39, 0.29) is 11.1 Å². The number of nitrogens with zero attached hydrogens (tertiary/aromatic N) is 1. The van der Waals surface area contributed by atoms with Gasteiger partial charge in [-0.2, -0.15) is 0 Å². The quantitative estimate of drug-likeness (QED) is 0.428. The van der Waals surface area contributed by atoms with Gasteiger partial charge in [0.2, 0.25) is 0 Å². The molecule has 0 radical (unpaired) electrons. The van der Waals surface area contributed by atoms with Gasteiger partial charge in [0, 0.05) is 37.3 Å². The van der Waals surface area contributed by atoms with Crippen molar-refractivity contribution in [1.82, 2.24) is 10.2 Å². The highest BCUT2D eigenvalue weighted by Gasteiger charge is 2.26. The lowest BCUT2D eigenvalue weighted by atomic mass is 9.95. The van der Waals surface area contributed by atoms with Gasteiger partial charge in [-0.1, -0.05) is 0 Å². The molecular formula is C14H35N5. The van der Waals surface area contributed by atoms with Gasteiger partial charge in [0.25, 0.3) is 0 Å². The molecular weight excluding hydrogens is 238 g/mol. The first kappa shape index (κ1) is 18.8. The summed E-state index contributed by atoms with van der Waals surface area (Å²) in [7, 11) is 0.